The van der Waals surface area contributed by atoms with Crippen LogP contribution < -0.4 is 30.6 Å². The predicted molar refractivity (Wildman–Crippen MR) is 200 cm³/mol. The number of ether oxygens (including phenoxy) is 5. The summed E-state index contributed by atoms with van der Waals surface area (Å²) in [5, 5.41) is 7.09. The number of carbonyl (C=O) groups is 1. The van der Waals surface area contributed by atoms with Crippen LogP contribution in [0.4, 0.5) is 30.4 Å². The van der Waals surface area contributed by atoms with Crippen LogP contribution in [0.2, 0.25) is 0 Å². The molecule has 2 aromatic carbocycles. The molecule has 4 aromatic rings. The number of halogens is 3. The van der Waals surface area contributed by atoms with Gasteiger partial charge < -0.3 is 49.5 Å². The number of fused-ring (bicyclic) bond motifs is 2. The Kier molecular flexibility index (Phi) is 10.8. The van der Waals surface area contributed by atoms with Crippen molar-refractivity contribution in [3.63, 3.8) is 0 Å². The molecule has 13 nitrogen and oxygen atoms in total. The summed E-state index contributed by atoms with van der Waals surface area (Å²) in [7, 11) is 5.42. The Labute approximate surface area is 317 Å². The van der Waals surface area contributed by atoms with Crippen LogP contribution in [0.5, 0.6) is 17.2 Å². The number of methoxy groups -OCH3 is 2. The summed E-state index contributed by atoms with van der Waals surface area (Å²) in [5.41, 5.74) is 7.91. The number of aromatic nitrogens is 3. The van der Waals surface area contributed by atoms with Gasteiger partial charge in [0.05, 0.1) is 43.1 Å². The fourth-order valence-corrected chi connectivity index (χ4v) is 8.28. The van der Waals surface area contributed by atoms with E-state index in [1.807, 2.05) is 38.1 Å². The average molecular weight is 768 g/mol. The van der Waals surface area contributed by atoms with Gasteiger partial charge in [-0.2, -0.15) is 0 Å². The Morgan fingerprint density at radius 1 is 1.04 bits per heavy atom. The van der Waals surface area contributed by atoms with E-state index in [1.165, 1.54) is 6.07 Å². The summed E-state index contributed by atoms with van der Waals surface area (Å²) in [4.78, 5) is 24.3. The van der Waals surface area contributed by atoms with Gasteiger partial charge in [-0.15, -0.1) is 13.2 Å². The molecule has 55 heavy (non-hydrogen) atoms. The van der Waals surface area contributed by atoms with Crippen molar-refractivity contribution in [3.05, 3.63) is 60.6 Å². The third-order valence-electron chi connectivity index (χ3n) is 11.0. The molecule has 1 amide bonds. The van der Waals surface area contributed by atoms with Crippen molar-refractivity contribution in [2.45, 2.75) is 88.9 Å². The van der Waals surface area contributed by atoms with E-state index in [1.54, 1.807) is 20.5 Å². The number of amides is 1. The number of alkyl halides is 3. The first kappa shape index (κ1) is 38.5. The number of rotatable bonds is 14. The first-order chi connectivity index (χ1) is 26.2. The van der Waals surface area contributed by atoms with Crippen molar-refractivity contribution in [2.75, 3.05) is 44.2 Å². The van der Waals surface area contributed by atoms with E-state index in [0.29, 0.717) is 24.9 Å². The number of anilines is 3. The van der Waals surface area contributed by atoms with Crippen molar-refractivity contribution >= 4 is 34.1 Å². The molecule has 1 saturated heterocycles. The number of nitrogens with two attached hydrogens (primary N) is 1. The molecule has 7 rings (SSSR count). The molecule has 0 spiro atoms. The molecule has 0 radical (unpaired) electrons. The molecule has 4 N–H and O–H groups in total. The smallest absolute Gasteiger partial charge is 0.497 e. The summed E-state index contributed by atoms with van der Waals surface area (Å²) in [6.45, 7) is 5.27. The van der Waals surface area contributed by atoms with Crippen molar-refractivity contribution in [1.29, 1.82) is 0 Å². The standard InChI is InChI=1S/C39H48F3N7O6/c1-38(2)54-34-24(20-48(3)25-14-22(15-25)6-11-33(50)47-30-10-9-27(17-29(30)43)53-39(40,41)42)16-31(35(34)55-38)49-13-12-28-36(45-21-46-37(28)49)44-19-23-7-8-26(51-4)18-32(23)52-5/h7-10,12-13,17-18,21-22,24-25,31,34-35H,6,11,14-16,19-20,43H2,1-5H3,(H,47,50)(H,44,45,46). The van der Waals surface area contributed by atoms with Gasteiger partial charge in [-0.3, -0.25) is 4.79 Å². The monoisotopic (exact) mass is 767 g/mol. The number of carbonyl (C=O) groups excluding carboxylic acids is 1. The Morgan fingerprint density at radius 2 is 1.80 bits per heavy atom. The van der Waals surface area contributed by atoms with Crippen LogP contribution in [0.3, 0.4) is 0 Å². The molecular weight excluding hydrogens is 719 g/mol. The zero-order valence-corrected chi connectivity index (χ0v) is 31.6. The molecule has 2 aromatic heterocycles. The highest BCUT2D eigenvalue weighted by atomic mass is 19.4. The van der Waals surface area contributed by atoms with Crippen LogP contribution in [-0.4, -0.2) is 83.6 Å². The minimum absolute atomic E-state index is 0.000943. The van der Waals surface area contributed by atoms with Gasteiger partial charge in [0.1, 0.15) is 41.1 Å². The van der Waals surface area contributed by atoms with Crippen molar-refractivity contribution in [1.82, 2.24) is 19.4 Å². The van der Waals surface area contributed by atoms with Gasteiger partial charge in [-0.1, -0.05) is 0 Å². The first-order valence-electron chi connectivity index (χ1n) is 18.5. The molecule has 3 heterocycles. The van der Waals surface area contributed by atoms with Gasteiger partial charge in [-0.25, -0.2) is 9.97 Å². The number of hydrogen-bond acceptors (Lipinski definition) is 11. The minimum atomic E-state index is -4.82. The Bertz CT molecular complexity index is 2000. The van der Waals surface area contributed by atoms with Gasteiger partial charge in [-0.05, 0) is 82.8 Å². The van der Waals surface area contributed by atoms with Gasteiger partial charge in [0, 0.05) is 55.4 Å². The maximum Gasteiger partial charge on any atom is 0.573 e. The van der Waals surface area contributed by atoms with Crippen LogP contribution >= 0.6 is 0 Å². The fraction of sp³-hybridized carbons (Fsp3) is 0.513. The second-order valence-electron chi connectivity index (χ2n) is 15.2. The minimum Gasteiger partial charge on any atom is -0.497 e. The maximum atomic E-state index is 12.7. The lowest BCUT2D eigenvalue weighted by atomic mass is 9.76. The first-order valence-corrected chi connectivity index (χ1v) is 18.5. The van der Waals surface area contributed by atoms with E-state index < -0.39 is 17.9 Å². The normalized spacial score (nSPS) is 24.4. The summed E-state index contributed by atoms with van der Waals surface area (Å²) in [6, 6.07) is 11.7. The Hall–Kier alpha value is -4.80. The highest BCUT2D eigenvalue weighted by Gasteiger charge is 2.55. The van der Waals surface area contributed by atoms with Crippen LogP contribution in [0.1, 0.15) is 57.6 Å². The molecule has 16 heteroatoms. The second kappa shape index (κ2) is 15.4. The van der Waals surface area contributed by atoms with E-state index >= 15 is 0 Å². The van der Waals surface area contributed by atoms with E-state index in [9.17, 15) is 18.0 Å². The van der Waals surface area contributed by atoms with E-state index in [0.717, 1.165) is 71.9 Å². The average Bonchev–Trinajstić information content (AvgIpc) is 3.78. The summed E-state index contributed by atoms with van der Waals surface area (Å²) < 4.78 is 67.7. The molecule has 3 aliphatic rings. The zero-order valence-electron chi connectivity index (χ0n) is 31.6. The molecular formula is C39H48F3N7O6. The summed E-state index contributed by atoms with van der Waals surface area (Å²) in [5.74, 6) is 1.41. The third-order valence-corrected chi connectivity index (χ3v) is 11.0. The van der Waals surface area contributed by atoms with Crippen molar-refractivity contribution in [2.24, 2.45) is 11.8 Å². The Balaban J connectivity index is 0.941. The lowest BCUT2D eigenvalue weighted by Crippen LogP contribution is -2.46. The predicted octanol–water partition coefficient (Wildman–Crippen LogP) is 6.75. The quantitative estimate of drug-likeness (QED) is 0.117. The molecule has 0 bridgehead atoms. The van der Waals surface area contributed by atoms with Crippen LogP contribution in [-0.2, 0) is 20.8 Å². The zero-order chi connectivity index (χ0) is 39.1. The van der Waals surface area contributed by atoms with Crippen LogP contribution in [0.25, 0.3) is 11.0 Å². The summed E-state index contributed by atoms with van der Waals surface area (Å²) >= 11 is 0. The topological polar surface area (TPSA) is 147 Å². The Morgan fingerprint density at radius 3 is 2.53 bits per heavy atom. The molecule has 4 unspecified atom stereocenters. The maximum absolute atomic E-state index is 12.7. The van der Waals surface area contributed by atoms with E-state index in [4.69, 9.17) is 29.7 Å². The van der Waals surface area contributed by atoms with Crippen LogP contribution in [0.15, 0.2) is 55.0 Å². The lowest BCUT2D eigenvalue weighted by molar-refractivity contribution is -0.274. The van der Waals surface area contributed by atoms with E-state index in [-0.39, 0.29) is 47.9 Å². The van der Waals surface area contributed by atoms with E-state index in [2.05, 4.69) is 43.1 Å². The largest absolute Gasteiger partial charge is 0.573 e. The molecule has 2 saturated carbocycles. The molecule has 3 fully saturated rings. The highest BCUT2D eigenvalue weighted by Crippen LogP contribution is 2.49. The second-order valence-corrected chi connectivity index (χ2v) is 15.2. The summed E-state index contributed by atoms with van der Waals surface area (Å²) in [6.07, 6.45) is 2.40. The van der Waals surface area contributed by atoms with Crippen molar-refractivity contribution in [3.8, 4) is 17.2 Å². The lowest BCUT2D eigenvalue weighted by Gasteiger charge is -2.42. The number of nitrogen functional groups attached to an aromatic ring is 1. The van der Waals surface area contributed by atoms with Gasteiger partial charge >= 0.3 is 6.36 Å². The van der Waals surface area contributed by atoms with Gasteiger partial charge in [0.2, 0.25) is 5.91 Å². The highest BCUT2D eigenvalue weighted by molar-refractivity contribution is 5.94. The number of nitrogens with zero attached hydrogens (tertiary/aromatic N) is 4. The van der Waals surface area contributed by atoms with Gasteiger partial charge in [0.25, 0.3) is 0 Å². The van der Waals surface area contributed by atoms with Crippen LogP contribution in [0, 0.1) is 11.8 Å². The molecule has 296 valence electrons. The van der Waals surface area contributed by atoms with Crippen molar-refractivity contribution < 1.29 is 41.7 Å². The molecule has 4 atom stereocenters. The SMILES string of the molecule is COc1ccc(CNc2ncnc3c2ccn3C2CC(CN(C)C3CC(CCC(=O)Nc4ccc(OC(F)(F)F)cc4N)C3)C3OC(C)(C)OC32)c(OC)c1. The number of nitrogens with one attached hydrogen (secondary N) is 2. The molecule has 2 aliphatic carbocycles. The van der Waals surface area contributed by atoms with Gasteiger partial charge in [0.15, 0.2) is 5.79 Å². The number of benzene rings is 2. The third kappa shape index (κ3) is 8.55. The number of hydrogen-bond donors (Lipinski definition) is 3. The fourth-order valence-electron chi connectivity index (χ4n) is 8.28. The molecule has 1 aliphatic heterocycles.